The fourth-order valence-electron chi connectivity index (χ4n) is 3.72. The van der Waals surface area contributed by atoms with Crippen LogP contribution in [0.5, 0.6) is 5.75 Å². The summed E-state index contributed by atoms with van der Waals surface area (Å²) in [5.74, 6) is -1.42. The van der Waals surface area contributed by atoms with E-state index in [4.69, 9.17) is 0 Å². The van der Waals surface area contributed by atoms with Crippen molar-refractivity contribution in [1.82, 2.24) is 9.88 Å². The molecule has 8 heteroatoms. The molecule has 0 unspecified atom stereocenters. The highest BCUT2D eigenvalue weighted by Crippen LogP contribution is 2.29. The number of aromatic nitrogens is 1. The van der Waals surface area contributed by atoms with Gasteiger partial charge in [0.15, 0.2) is 5.69 Å². The number of urea groups is 1. The molecule has 2 amide bonds. The molecule has 1 heterocycles. The van der Waals surface area contributed by atoms with Crippen LogP contribution in [-0.2, 0) is 11.8 Å². The van der Waals surface area contributed by atoms with Crippen molar-refractivity contribution < 1.29 is 19.8 Å². The number of carboxylic acids is 1. The van der Waals surface area contributed by atoms with Crippen molar-refractivity contribution in [3.63, 3.8) is 0 Å². The second-order valence-corrected chi connectivity index (χ2v) is 8.07. The molecule has 0 saturated heterocycles. The lowest BCUT2D eigenvalue weighted by Gasteiger charge is -2.20. The molecule has 3 rings (SSSR count). The lowest BCUT2D eigenvalue weighted by molar-refractivity contribution is -0.137. The van der Waals surface area contributed by atoms with Gasteiger partial charge in [0.25, 0.3) is 5.56 Å². The molecule has 1 atom stereocenters. The van der Waals surface area contributed by atoms with Crippen molar-refractivity contribution in [2.24, 2.45) is 7.05 Å². The smallest absolute Gasteiger partial charge is 0.319 e. The van der Waals surface area contributed by atoms with Gasteiger partial charge in [-0.25, -0.2) is 4.79 Å². The van der Waals surface area contributed by atoms with Crippen LogP contribution in [0.2, 0.25) is 0 Å². The molecule has 2 aromatic carbocycles. The van der Waals surface area contributed by atoms with Crippen molar-refractivity contribution in [2.45, 2.75) is 33.2 Å². The summed E-state index contributed by atoms with van der Waals surface area (Å²) in [7, 11) is 1.50. The number of hydrogen-bond acceptors (Lipinski definition) is 4. The molecular weight excluding hydrogens is 422 g/mol. The van der Waals surface area contributed by atoms with Crippen LogP contribution in [0.25, 0.3) is 11.1 Å². The lowest BCUT2D eigenvalue weighted by atomic mass is 9.94. The molecule has 8 nitrogen and oxygen atoms in total. The van der Waals surface area contributed by atoms with Gasteiger partial charge in [0.05, 0.1) is 12.5 Å². The molecule has 0 bridgehead atoms. The van der Waals surface area contributed by atoms with Crippen LogP contribution < -0.4 is 16.2 Å². The number of amides is 2. The Morgan fingerprint density at radius 2 is 1.76 bits per heavy atom. The van der Waals surface area contributed by atoms with Gasteiger partial charge in [-0.05, 0) is 54.7 Å². The summed E-state index contributed by atoms with van der Waals surface area (Å²) in [4.78, 5) is 36.5. The number of carboxylic acid groups (broad SMARTS) is 1. The number of nitrogens with one attached hydrogen (secondary N) is 2. The normalized spacial score (nSPS) is 11.6. The molecule has 0 spiro atoms. The Balaban J connectivity index is 1.91. The molecule has 0 aliphatic heterocycles. The number of aromatic hydroxyl groups is 1. The minimum atomic E-state index is -1.09. The van der Waals surface area contributed by atoms with Gasteiger partial charge in [0.1, 0.15) is 5.75 Å². The van der Waals surface area contributed by atoms with Gasteiger partial charge in [0.2, 0.25) is 0 Å². The topological polar surface area (TPSA) is 121 Å². The van der Waals surface area contributed by atoms with Crippen LogP contribution in [0, 0.1) is 20.8 Å². The third kappa shape index (κ3) is 5.23. The van der Waals surface area contributed by atoms with E-state index >= 15 is 0 Å². The lowest BCUT2D eigenvalue weighted by Crippen LogP contribution is -2.36. The highest BCUT2D eigenvalue weighted by molar-refractivity contribution is 5.91. The molecular formula is C25H27N3O5. The van der Waals surface area contributed by atoms with Crippen LogP contribution in [0.3, 0.4) is 0 Å². The van der Waals surface area contributed by atoms with Crippen molar-refractivity contribution in [3.8, 4) is 16.9 Å². The Bertz CT molecular complexity index is 1280. The Labute approximate surface area is 191 Å². The summed E-state index contributed by atoms with van der Waals surface area (Å²) in [6.07, 6.45) is 1.09. The highest BCUT2D eigenvalue weighted by atomic mass is 16.4. The number of anilines is 1. The number of aryl methyl sites for hydroxylation is 3. The van der Waals surface area contributed by atoms with E-state index in [1.54, 1.807) is 13.0 Å². The first-order valence-electron chi connectivity index (χ1n) is 10.4. The summed E-state index contributed by atoms with van der Waals surface area (Å²) in [5.41, 5.74) is 4.33. The number of carbonyl (C=O) groups excluding carboxylic acids is 1. The van der Waals surface area contributed by atoms with Crippen molar-refractivity contribution in [2.75, 3.05) is 5.32 Å². The number of rotatable bonds is 6. The quantitative estimate of drug-likeness (QED) is 0.453. The molecule has 1 aromatic heterocycles. The minimum absolute atomic E-state index is 0.270. The number of carbonyl (C=O) groups is 2. The Morgan fingerprint density at radius 1 is 1.06 bits per heavy atom. The summed E-state index contributed by atoms with van der Waals surface area (Å²) >= 11 is 0. The van der Waals surface area contributed by atoms with Gasteiger partial charge in [-0.2, -0.15) is 0 Å². The molecule has 0 aliphatic rings. The Kier molecular flexibility index (Phi) is 6.86. The van der Waals surface area contributed by atoms with E-state index in [-0.39, 0.29) is 17.9 Å². The van der Waals surface area contributed by atoms with Crippen molar-refractivity contribution in [1.29, 1.82) is 0 Å². The van der Waals surface area contributed by atoms with Crippen LogP contribution in [0.1, 0.15) is 34.7 Å². The van der Waals surface area contributed by atoms with Gasteiger partial charge in [0, 0.05) is 18.8 Å². The average molecular weight is 450 g/mol. The maximum Gasteiger partial charge on any atom is 0.319 e. The Morgan fingerprint density at radius 3 is 2.45 bits per heavy atom. The number of benzene rings is 2. The maximum absolute atomic E-state index is 12.7. The first kappa shape index (κ1) is 23.6. The predicted octanol–water partition coefficient (Wildman–Crippen LogP) is 4.02. The summed E-state index contributed by atoms with van der Waals surface area (Å²) in [6.45, 7) is 5.64. The molecule has 3 aromatic rings. The van der Waals surface area contributed by atoms with E-state index in [0.717, 1.165) is 22.3 Å². The van der Waals surface area contributed by atoms with E-state index in [9.17, 15) is 24.6 Å². The number of aliphatic carboxylic acids is 1. The highest BCUT2D eigenvalue weighted by Gasteiger charge is 2.21. The van der Waals surface area contributed by atoms with E-state index in [0.29, 0.717) is 11.1 Å². The SMILES string of the molecule is Cc1cccc(-c2cccc([C@H](CC(=O)O)NC(=O)Nc3c(O)c(C)cn(C)c3=O)c2)c1C. The average Bonchev–Trinajstić information content (AvgIpc) is 2.76. The van der Waals surface area contributed by atoms with Gasteiger partial charge in [-0.1, -0.05) is 36.4 Å². The predicted molar refractivity (Wildman–Crippen MR) is 127 cm³/mol. The number of nitrogens with zero attached hydrogens (tertiary/aromatic N) is 1. The van der Waals surface area contributed by atoms with E-state index < -0.39 is 23.6 Å². The minimum Gasteiger partial charge on any atom is -0.505 e. The molecule has 0 aliphatic carbocycles. The monoisotopic (exact) mass is 449 g/mol. The molecule has 0 fully saturated rings. The van der Waals surface area contributed by atoms with E-state index in [1.807, 2.05) is 50.2 Å². The first-order valence-corrected chi connectivity index (χ1v) is 10.4. The number of hydrogen-bond donors (Lipinski definition) is 4. The third-order valence-electron chi connectivity index (χ3n) is 5.66. The second-order valence-electron chi connectivity index (χ2n) is 8.07. The summed E-state index contributed by atoms with van der Waals surface area (Å²) in [6, 6.07) is 11.6. The summed E-state index contributed by atoms with van der Waals surface area (Å²) in [5, 5.41) is 24.6. The van der Waals surface area contributed by atoms with Crippen LogP contribution in [0.15, 0.2) is 53.5 Å². The van der Waals surface area contributed by atoms with Crippen LogP contribution >= 0.6 is 0 Å². The zero-order valence-electron chi connectivity index (χ0n) is 19.0. The van der Waals surface area contributed by atoms with Gasteiger partial charge >= 0.3 is 12.0 Å². The largest absolute Gasteiger partial charge is 0.505 e. The Hall–Kier alpha value is -4.07. The third-order valence-corrected chi connectivity index (χ3v) is 5.66. The molecule has 4 N–H and O–H groups in total. The van der Waals surface area contributed by atoms with Crippen molar-refractivity contribution in [3.05, 3.63) is 81.3 Å². The van der Waals surface area contributed by atoms with Crippen molar-refractivity contribution >= 4 is 17.7 Å². The fourth-order valence-corrected chi connectivity index (χ4v) is 3.72. The van der Waals surface area contributed by atoms with Gasteiger partial charge in [-0.3, -0.25) is 9.59 Å². The van der Waals surface area contributed by atoms with E-state index in [1.165, 1.54) is 17.8 Å². The zero-order chi connectivity index (χ0) is 24.3. The van der Waals surface area contributed by atoms with Gasteiger partial charge < -0.3 is 25.4 Å². The molecule has 0 saturated carbocycles. The standard InChI is InChI=1S/C25H27N3O5/c1-14-7-5-10-19(16(14)3)17-8-6-9-18(11-17)20(12-21(29)30)26-25(33)27-22-23(31)15(2)13-28(4)24(22)32/h5-11,13,20,31H,12H2,1-4H3,(H,29,30)(H2,26,27,33)/t20-/m0/s1. The molecule has 172 valence electrons. The van der Waals surface area contributed by atoms with Crippen LogP contribution in [-0.4, -0.2) is 26.8 Å². The molecule has 0 radical (unpaired) electrons. The maximum atomic E-state index is 12.7. The van der Waals surface area contributed by atoms with Crippen LogP contribution in [0.4, 0.5) is 10.5 Å². The second kappa shape index (κ2) is 9.60. The first-order chi connectivity index (χ1) is 15.6. The fraction of sp³-hybridized carbons (Fsp3) is 0.240. The summed E-state index contributed by atoms with van der Waals surface area (Å²) < 4.78 is 1.24. The molecule has 33 heavy (non-hydrogen) atoms. The van der Waals surface area contributed by atoms with Gasteiger partial charge in [-0.15, -0.1) is 0 Å². The zero-order valence-corrected chi connectivity index (χ0v) is 19.0. The number of pyridine rings is 1. The van der Waals surface area contributed by atoms with E-state index in [2.05, 4.69) is 10.6 Å².